The quantitative estimate of drug-likeness (QED) is 0.378. The van der Waals surface area contributed by atoms with Crippen molar-refractivity contribution in [1.82, 2.24) is 10.2 Å². The largest absolute Gasteiger partial charge is 0.298 e. The highest BCUT2D eigenvalue weighted by Crippen LogP contribution is 2.28. The van der Waals surface area contributed by atoms with Gasteiger partial charge in [-0.3, -0.25) is 19.8 Å². The molecule has 1 fully saturated rings. The van der Waals surface area contributed by atoms with Gasteiger partial charge in [-0.25, -0.2) is 0 Å². The number of hydrogen-bond donors (Lipinski definition) is 1. The van der Waals surface area contributed by atoms with E-state index in [-0.39, 0.29) is 17.2 Å². The molecule has 0 saturated carbocycles. The van der Waals surface area contributed by atoms with Crippen molar-refractivity contribution >= 4 is 46.8 Å². The molecule has 26 heavy (non-hydrogen) atoms. The SMILES string of the molecule is C=CCN1C(=O)C(=Cc2ccc(-c3ccccc3Cl)cc2)C(=O)NC1=S. The number of thiocarbonyl (C=S) groups is 1. The molecule has 3 rings (SSSR count). The second-order valence-corrected chi connectivity index (χ2v) is 6.42. The van der Waals surface area contributed by atoms with E-state index in [9.17, 15) is 9.59 Å². The molecule has 1 aliphatic heterocycles. The number of benzene rings is 2. The highest BCUT2D eigenvalue weighted by Gasteiger charge is 2.32. The number of amides is 2. The van der Waals surface area contributed by atoms with E-state index in [2.05, 4.69) is 11.9 Å². The lowest BCUT2D eigenvalue weighted by atomic mass is 10.0. The first-order valence-corrected chi connectivity index (χ1v) is 8.64. The number of hydrogen-bond acceptors (Lipinski definition) is 3. The van der Waals surface area contributed by atoms with Crippen LogP contribution in [0.3, 0.4) is 0 Å². The minimum atomic E-state index is -0.504. The zero-order chi connectivity index (χ0) is 18.7. The zero-order valence-electron chi connectivity index (χ0n) is 13.7. The van der Waals surface area contributed by atoms with Crippen LogP contribution in [0.1, 0.15) is 5.56 Å². The van der Waals surface area contributed by atoms with Gasteiger partial charge < -0.3 is 0 Å². The van der Waals surface area contributed by atoms with Crippen molar-refractivity contribution in [1.29, 1.82) is 0 Å². The Morgan fingerprint density at radius 2 is 1.81 bits per heavy atom. The molecule has 1 saturated heterocycles. The van der Waals surface area contributed by atoms with Crippen LogP contribution in [0.2, 0.25) is 5.02 Å². The third-order valence-corrected chi connectivity index (χ3v) is 4.56. The number of carbonyl (C=O) groups is 2. The van der Waals surface area contributed by atoms with E-state index in [4.69, 9.17) is 23.8 Å². The molecule has 0 radical (unpaired) electrons. The summed E-state index contributed by atoms with van der Waals surface area (Å²) in [5.74, 6) is -0.940. The highest BCUT2D eigenvalue weighted by molar-refractivity contribution is 7.80. The lowest BCUT2D eigenvalue weighted by Crippen LogP contribution is -2.53. The number of carbonyl (C=O) groups excluding carboxylic acids is 2. The van der Waals surface area contributed by atoms with Gasteiger partial charge in [-0.05, 0) is 35.5 Å². The van der Waals surface area contributed by atoms with Crippen LogP contribution < -0.4 is 5.32 Å². The van der Waals surface area contributed by atoms with Crippen LogP contribution in [-0.2, 0) is 9.59 Å². The van der Waals surface area contributed by atoms with Crippen LogP contribution in [0.25, 0.3) is 17.2 Å². The van der Waals surface area contributed by atoms with Crippen molar-refractivity contribution in [3.63, 3.8) is 0 Å². The van der Waals surface area contributed by atoms with Gasteiger partial charge in [0.1, 0.15) is 5.57 Å². The fourth-order valence-electron chi connectivity index (χ4n) is 2.61. The lowest BCUT2D eigenvalue weighted by Gasteiger charge is -2.27. The molecule has 0 aliphatic carbocycles. The Balaban J connectivity index is 1.90. The van der Waals surface area contributed by atoms with Gasteiger partial charge in [0.05, 0.1) is 0 Å². The fraction of sp³-hybridized carbons (Fsp3) is 0.0500. The van der Waals surface area contributed by atoms with E-state index in [1.165, 1.54) is 4.90 Å². The third kappa shape index (κ3) is 3.59. The van der Waals surface area contributed by atoms with Crippen LogP contribution in [0.15, 0.2) is 66.8 Å². The van der Waals surface area contributed by atoms with E-state index in [1.807, 2.05) is 48.5 Å². The molecule has 6 heteroatoms. The minimum Gasteiger partial charge on any atom is -0.298 e. The summed E-state index contributed by atoms with van der Waals surface area (Å²) in [6, 6.07) is 15.0. The summed E-state index contributed by atoms with van der Waals surface area (Å²) in [5.41, 5.74) is 2.63. The van der Waals surface area contributed by atoms with Crippen LogP contribution >= 0.6 is 23.8 Å². The van der Waals surface area contributed by atoms with E-state index < -0.39 is 11.8 Å². The number of nitrogens with one attached hydrogen (secondary N) is 1. The molecule has 0 unspecified atom stereocenters. The van der Waals surface area contributed by atoms with Crippen molar-refractivity contribution in [3.05, 3.63) is 77.3 Å². The van der Waals surface area contributed by atoms with Crippen molar-refractivity contribution in [2.45, 2.75) is 0 Å². The first-order chi connectivity index (χ1) is 12.5. The van der Waals surface area contributed by atoms with Crippen LogP contribution in [0.4, 0.5) is 0 Å². The molecule has 130 valence electrons. The maximum absolute atomic E-state index is 12.5. The molecule has 0 spiro atoms. The average molecular weight is 383 g/mol. The van der Waals surface area contributed by atoms with Gasteiger partial charge >= 0.3 is 0 Å². The molecule has 0 atom stereocenters. The monoisotopic (exact) mass is 382 g/mol. The summed E-state index contributed by atoms with van der Waals surface area (Å²) in [4.78, 5) is 26.0. The van der Waals surface area contributed by atoms with Crippen molar-refractivity contribution in [2.75, 3.05) is 6.54 Å². The van der Waals surface area contributed by atoms with Gasteiger partial charge in [0.25, 0.3) is 11.8 Å². The maximum Gasteiger partial charge on any atom is 0.265 e. The Kier molecular flexibility index (Phi) is 5.30. The Labute approximate surface area is 161 Å². The Hall–Kier alpha value is -2.76. The van der Waals surface area contributed by atoms with Gasteiger partial charge in [0.2, 0.25) is 0 Å². The molecule has 0 aromatic heterocycles. The molecular formula is C20H15ClN2O2S. The smallest absolute Gasteiger partial charge is 0.265 e. The molecule has 1 heterocycles. The van der Waals surface area contributed by atoms with E-state index in [1.54, 1.807) is 12.2 Å². The average Bonchev–Trinajstić information content (AvgIpc) is 2.63. The summed E-state index contributed by atoms with van der Waals surface area (Å²) in [7, 11) is 0. The standard InChI is InChI=1S/C20H15ClN2O2S/c1-2-11-23-19(25)16(18(24)22-20(23)26)12-13-7-9-14(10-8-13)15-5-3-4-6-17(15)21/h2-10,12H,1,11H2,(H,22,24,26). The predicted molar refractivity (Wildman–Crippen MR) is 108 cm³/mol. The summed E-state index contributed by atoms with van der Waals surface area (Å²) < 4.78 is 0. The normalized spacial score (nSPS) is 16.0. The van der Waals surface area contributed by atoms with Gasteiger partial charge in [-0.1, -0.05) is 60.1 Å². The highest BCUT2D eigenvalue weighted by atomic mass is 35.5. The molecule has 2 amide bonds. The van der Waals surface area contributed by atoms with Crippen molar-refractivity contribution in [2.24, 2.45) is 0 Å². The predicted octanol–water partition coefficient (Wildman–Crippen LogP) is 3.82. The minimum absolute atomic E-state index is 0.0333. The van der Waals surface area contributed by atoms with Crippen LogP contribution in [0, 0.1) is 0 Å². The summed E-state index contributed by atoms with van der Waals surface area (Å²) >= 11 is 11.2. The molecular weight excluding hydrogens is 368 g/mol. The van der Waals surface area contributed by atoms with Gasteiger partial charge in [-0.15, -0.1) is 6.58 Å². The summed E-state index contributed by atoms with van der Waals surface area (Å²) in [6.45, 7) is 3.84. The number of rotatable bonds is 4. The second kappa shape index (κ2) is 7.64. The molecule has 2 aromatic carbocycles. The molecule has 1 aliphatic rings. The number of halogens is 1. The van der Waals surface area contributed by atoms with Crippen molar-refractivity contribution in [3.8, 4) is 11.1 Å². The second-order valence-electron chi connectivity index (χ2n) is 5.62. The summed E-state index contributed by atoms with van der Waals surface area (Å²) in [6.07, 6.45) is 3.10. The number of nitrogens with zero attached hydrogens (tertiary/aromatic N) is 1. The zero-order valence-corrected chi connectivity index (χ0v) is 15.3. The molecule has 0 bridgehead atoms. The maximum atomic E-state index is 12.5. The first-order valence-electron chi connectivity index (χ1n) is 7.86. The van der Waals surface area contributed by atoms with E-state index >= 15 is 0 Å². The van der Waals surface area contributed by atoms with E-state index in [0.29, 0.717) is 5.02 Å². The molecule has 2 aromatic rings. The summed E-state index contributed by atoms with van der Waals surface area (Å²) in [5, 5.41) is 3.27. The third-order valence-electron chi connectivity index (χ3n) is 3.90. The molecule has 1 N–H and O–H groups in total. The van der Waals surface area contributed by atoms with Crippen LogP contribution in [0.5, 0.6) is 0 Å². The van der Waals surface area contributed by atoms with Gasteiger partial charge in [0.15, 0.2) is 5.11 Å². The fourth-order valence-corrected chi connectivity index (χ4v) is 3.10. The topological polar surface area (TPSA) is 49.4 Å². The Bertz CT molecular complexity index is 935. The van der Waals surface area contributed by atoms with Crippen molar-refractivity contribution < 1.29 is 9.59 Å². The first kappa shape index (κ1) is 18.0. The van der Waals surface area contributed by atoms with Gasteiger partial charge in [-0.2, -0.15) is 0 Å². The Morgan fingerprint density at radius 1 is 1.12 bits per heavy atom. The van der Waals surface area contributed by atoms with E-state index in [0.717, 1.165) is 16.7 Å². The van der Waals surface area contributed by atoms with Crippen LogP contribution in [-0.4, -0.2) is 28.4 Å². The molecule has 4 nitrogen and oxygen atoms in total. The Morgan fingerprint density at radius 3 is 2.46 bits per heavy atom. The van der Waals surface area contributed by atoms with Gasteiger partial charge in [0, 0.05) is 17.1 Å². The lowest BCUT2D eigenvalue weighted by molar-refractivity contribution is -0.128.